The lowest BCUT2D eigenvalue weighted by atomic mass is 10.1. The Bertz CT molecular complexity index is 382. The lowest BCUT2D eigenvalue weighted by Gasteiger charge is -2.15. The third-order valence-electron chi connectivity index (χ3n) is 1.96. The lowest BCUT2D eigenvalue weighted by Crippen LogP contribution is -2.12. The third-order valence-corrected chi connectivity index (χ3v) is 1.96. The molecular formula is C10H11FN2O. The number of nitrogens with zero attached hydrogens (tertiary/aromatic N) is 2. The van der Waals surface area contributed by atoms with Crippen LogP contribution < -0.4 is 4.90 Å². The van der Waals surface area contributed by atoms with E-state index in [1.54, 1.807) is 31.1 Å². The highest BCUT2D eigenvalue weighted by molar-refractivity contribution is 5.60. The van der Waals surface area contributed by atoms with E-state index in [4.69, 9.17) is 10.4 Å². The van der Waals surface area contributed by atoms with Gasteiger partial charge in [-0.15, -0.1) is 0 Å². The van der Waals surface area contributed by atoms with Crippen LogP contribution in [0.2, 0.25) is 0 Å². The van der Waals surface area contributed by atoms with E-state index in [0.717, 1.165) is 0 Å². The van der Waals surface area contributed by atoms with E-state index in [2.05, 4.69) is 0 Å². The van der Waals surface area contributed by atoms with Crippen LogP contribution in [0.1, 0.15) is 11.1 Å². The highest BCUT2D eigenvalue weighted by Crippen LogP contribution is 2.23. The molecule has 4 heteroatoms. The molecule has 1 aromatic carbocycles. The number of aliphatic hydroxyl groups excluding tert-OH is 1. The van der Waals surface area contributed by atoms with Gasteiger partial charge in [-0.25, -0.2) is 4.39 Å². The summed E-state index contributed by atoms with van der Waals surface area (Å²) in [5.41, 5.74) is 0.635. The highest BCUT2D eigenvalue weighted by Gasteiger charge is 2.13. The van der Waals surface area contributed by atoms with Crippen LogP contribution in [0.5, 0.6) is 0 Å². The van der Waals surface area contributed by atoms with Crippen LogP contribution in [0.3, 0.4) is 0 Å². The molecule has 0 aliphatic rings. The molecule has 1 aromatic rings. The molecule has 74 valence electrons. The molecule has 0 saturated heterocycles. The molecule has 0 aliphatic carbocycles. The number of benzene rings is 1. The highest BCUT2D eigenvalue weighted by atomic mass is 19.1. The quantitative estimate of drug-likeness (QED) is 0.770. The van der Waals surface area contributed by atoms with Crippen molar-refractivity contribution in [3.05, 3.63) is 29.1 Å². The zero-order valence-corrected chi connectivity index (χ0v) is 8.08. The lowest BCUT2D eigenvalue weighted by molar-refractivity contribution is 0.275. The van der Waals surface area contributed by atoms with Crippen LogP contribution in [-0.2, 0) is 6.61 Å². The third kappa shape index (κ3) is 1.68. The number of hydrogen-bond acceptors (Lipinski definition) is 3. The van der Waals surface area contributed by atoms with Crippen LogP contribution >= 0.6 is 0 Å². The van der Waals surface area contributed by atoms with Crippen LogP contribution in [0.25, 0.3) is 0 Å². The standard InChI is InChI=1S/C10H11FN2O/c1-13(2)9-4-3-7(6-14)10(11)8(9)5-12/h3-4,14H,6H2,1-2H3. The first-order valence-corrected chi connectivity index (χ1v) is 4.11. The smallest absolute Gasteiger partial charge is 0.148 e. The fraction of sp³-hybridized carbons (Fsp3) is 0.300. The first-order chi connectivity index (χ1) is 6.61. The summed E-state index contributed by atoms with van der Waals surface area (Å²) < 4.78 is 13.5. The molecule has 0 radical (unpaired) electrons. The predicted molar refractivity (Wildman–Crippen MR) is 51.4 cm³/mol. The summed E-state index contributed by atoms with van der Waals surface area (Å²) in [7, 11) is 3.46. The van der Waals surface area contributed by atoms with Crippen molar-refractivity contribution in [1.29, 1.82) is 5.26 Å². The van der Waals surface area contributed by atoms with Crippen LogP contribution in [0.15, 0.2) is 12.1 Å². The minimum atomic E-state index is -0.638. The van der Waals surface area contributed by atoms with Crippen LogP contribution in [-0.4, -0.2) is 19.2 Å². The number of halogens is 1. The van der Waals surface area contributed by atoms with Crippen molar-refractivity contribution < 1.29 is 9.50 Å². The molecule has 0 atom stereocenters. The van der Waals surface area contributed by atoms with Gasteiger partial charge in [0.2, 0.25) is 0 Å². The number of hydrogen-bond donors (Lipinski definition) is 1. The minimum absolute atomic E-state index is 0.0263. The Balaban J connectivity index is 3.38. The Morgan fingerprint density at radius 1 is 1.50 bits per heavy atom. The second kappa shape index (κ2) is 4.07. The van der Waals surface area contributed by atoms with E-state index in [1.807, 2.05) is 0 Å². The van der Waals surface area contributed by atoms with Crippen LogP contribution in [0, 0.1) is 17.1 Å². The second-order valence-electron chi connectivity index (χ2n) is 3.10. The molecule has 0 aliphatic heterocycles. The molecule has 0 bridgehead atoms. The van der Waals surface area contributed by atoms with Crippen molar-refractivity contribution in [3.63, 3.8) is 0 Å². The van der Waals surface area contributed by atoms with Gasteiger partial charge >= 0.3 is 0 Å². The summed E-state index contributed by atoms with van der Waals surface area (Å²) in [5, 5.41) is 17.6. The zero-order chi connectivity index (χ0) is 10.7. The molecule has 14 heavy (non-hydrogen) atoms. The topological polar surface area (TPSA) is 47.3 Å². The summed E-state index contributed by atoms with van der Waals surface area (Å²) >= 11 is 0. The van der Waals surface area contributed by atoms with E-state index >= 15 is 0 Å². The van der Waals surface area contributed by atoms with E-state index < -0.39 is 12.4 Å². The van der Waals surface area contributed by atoms with Gasteiger partial charge in [0, 0.05) is 19.7 Å². The van der Waals surface area contributed by atoms with Gasteiger partial charge in [-0.2, -0.15) is 5.26 Å². The Morgan fingerprint density at radius 3 is 2.57 bits per heavy atom. The van der Waals surface area contributed by atoms with Gasteiger partial charge in [0.1, 0.15) is 17.4 Å². The van der Waals surface area contributed by atoms with Crippen molar-refractivity contribution in [2.45, 2.75) is 6.61 Å². The SMILES string of the molecule is CN(C)c1ccc(CO)c(F)c1C#N. The molecule has 1 rings (SSSR count). The van der Waals surface area contributed by atoms with Crippen molar-refractivity contribution in [1.82, 2.24) is 0 Å². The van der Waals surface area contributed by atoms with Crippen molar-refractivity contribution in [3.8, 4) is 6.07 Å². The van der Waals surface area contributed by atoms with Gasteiger partial charge in [-0.3, -0.25) is 0 Å². The largest absolute Gasteiger partial charge is 0.392 e. The molecule has 0 saturated carbocycles. The summed E-state index contributed by atoms with van der Waals surface area (Å²) in [6.07, 6.45) is 0. The van der Waals surface area contributed by atoms with E-state index in [1.165, 1.54) is 6.07 Å². The molecule has 3 nitrogen and oxygen atoms in total. The maximum Gasteiger partial charge on any atom is 0.148 e. The summed E-state index contributed by atoms with van der Waals surface area (Å²) in [6.45, 7) is -0.395. The van der Waals surface area contributed by atoms with Gasteiger partial charge < -0.3 is 10.0 Å². The molecule has 1 N–H and O–H groups in total. The fourth-order valence-corrected chi connectivity index (χ4v) is 1.21. The van der Waals surface area contributed by atoms with Crippen molar-refractivity contribution in [2.24, 2.45) is 0 Å². The molecule has 0 aromatic heterocycles. The molecule has 0 spiro atoms. The first kappa shape index (κ1) is 10.5. The number of anilines is 1. The normalized spacial score (nSPS) is 9.64. The monoisotopic (exact) mass is 194 g/mol. The number of nitriles is 1. The summed E-state index contributed by atoms with van der Waals surface area (Å²) in [6, 6.07) is 4.89. The summed E-state index contributed by atoms with van der Waals surface area (Å²) in [4.78, 5) is 1.66. The van der Waals surface area contributed by atoms with Gasteiger partial charge in [0.25, 0.3) is 0 Å². The maximum absolute atomic E-state index is 13.5. The zero-order valence-electron chi connectivity index (χ0n) is 8.08. The van der Waals surface area contributed by atoms with Gasteiger partial charge in [-0.1, -0.05) is 6.07 Å². The first-order valence-electron chi connectivity index (χ1n) is 4.11. The van der Waals surface area contributed by atoms with E-state index in [-0.39, 0.29) is 11.1 Å². The molecular weight excluding hydrogens is 183 g/mol. The van der Waals surface area contributed by atoms with Crippen molar-refractivity contribution in [2.75, 3.05) is 19.0 Å². The van der Waals surface area contributed by atoms with E-state index in [9.17, 15) is 4.39 Å². The van der Waals surface area contributed by atoms with Gasteiger partial charge in [0.15, 0.2) is 0 Å². The Labute approximate surface area is 82.0 Å². The van der Waals surface area contributed by atoms with Gasteiger partial charge in [-0.05, 0) is 6.07 Å². The maximum atomic E-state index is 13.5. The molecule has 0 unspecified atom stereocenters. The van der Waals surface area contributed by atoms with E-state index in [0.29, 0.717) is 5.69 Å². The predicted octanol–water partition coefficient (Wildman–Crippen LogP) is 1.26. The molecule has 0 heterocycles. The minimum Gasteiger partial charge on any atom is -0.392 e. The van der Waals surface area contributed by atoms with Crippen molar-refractivity contribution >= 4 is 5.69 Å². The number of rotatable bonds is 2. The molecule has 0 fully saturated rings. The van der Waals surface area contributed by atoms with Crippen LogP contribution in [0.4, 0.5) is 10.1 Å². The Morgan fingerprint density at radius 2 is 2.14 bits per heavy atom. The Hall–Kier alpha value is -1.60. The average Bonchev–Trinajstić information content (AvgIpc) is 2.17. The Kier molecular flexibility index (Phi) is 3.05. The fourth-order valence-electron chi connectivity index (χ4n) is 1.21. The second-order valence-corrected chi connectivity index (χ2v) is 3.10. The average molecular weight is 194 g/mol. The molecule has 0 amide bonds. The van der Waals surface area contributed by atoms with Gasteiger partial charge in [0.05, 0.1) is 12.3 Å². The number of aliphatic hydroxyl groups is 1. The summed E-state index contributed by atoms with van der Waals surface area (Å²) in [5.74, 6) is -0.638.